The lowest BCUT2D eigenvalue weighted by Gasteiger charge is -2.18. The number of ether oxygens (including phenoxy) is 1. The molecule has 0 aromatic heterocycles. The van der Waals surface area contributed by atoms with E-state index in [0.29, 0.717) is 24.3 Å². The molecule has 0 unspecified atom stereocenters. The number of carbonyl (C=O) groups is 2. The van der Waals surface area contributed by atoms with Crippen LogP contribution in [0.4, 0.5) is 0 Å². The molecule has 0 aliphatic heterocycles. The SMILES string of the molecule is Cc1ccc(C(=O)C(C)(C)O)cc1COCc1cc(C(=O)C(C)(C)O)ccc1C. The Morgan fingerprint density at radius 2 is 1.10 bits per heavy atom. The first-order valence-electron chi connectivity index (χ1n) is 9.62. The smallest absolute Gasteiger partial charge is 0.193 e. The Morgan fingerprint density at radius 3 is 1.41 bits per heavy atom. The Hall–Kier alpha value is -2.34. The van der Waals surface area contributed by atoms with Crippen LogP contribution in [0.25, 0.3) is 0 Å². The summed E-state index contributed by atoms with van der Waals surface area (Å²) < 4.78 is 5.86. The number of benzene rings is 2. The van der Waals surface area contributed by atoms with E-state index in [4.69, 9.17) is 4.74 Å². The number of aliphatic hydroxyl groups is 2. The van der Waals surface area contributed by atoms with Crippen LogP contribution in [0.1, 0.15) is 70.7 Å². The van der Waals surface area contributed by atoms with Crippen molar-refractivity contribution < 1.29 is 24.5 Å². The van der Waals surface area contributed by atoms with Crippen LogP contribution in [0.5, 0.6) is 0 Å². The van der Waals surface area contributed by atoms with E-state index in [-0.39, 0.29) is 11.6 Å². The number of hydrogen-bond donors (Lipinski definition) is 2. The second-order valence-corrected chi connectivity index (χ2v) is 8.55. The molecule has 156 valence electrons. The minimum absolute atomic E-state index is 0.294. The zero-order valence-corrected chi connectivity index (χ0v) is 18.0. The lowest BCUT2D eigenvalue weighted by Crippen LogP contribution is -2.31. The van der Waals surface area contributed by atoms with Gasteiger partial charge in [-0.05, 0) is 75.9 Å². The molecule has 29 heavy (non-hydrogen) atoms. The first-order chi connectivity index (χ1) is 13.3. The summed E-state index contributed by atoms with van der Waals surface area (Å²) in [7, 11) is 0. The van der Waals surface area contributed by atoms with Gasteiger partial charge in [-0.15, -0.1) is 0 Å². The van der Waals surface area contributed by atoms with Gasteiger partial charge in [-0.2, -0.15) is 0 Å². The molecule has 0 radical (unpaired) electrons. The third kappa shape index (κ3) is 5.82. The molecule has 2 aromatic carbocycles. The van der Waals surface area contributed by atoms with Gasteiger partial charge in [-0.3, -0.25) is 9.59 Å². The van der Waals surface area contributed by atoms with Crippen LogP contribution in [0.15, 0.2) is 36.4 Å². The van der Waals surface area contributed by atoms with Gasteiger partial charge in [0, 0.05) is 11.1 Å². The van der Waals surface area contributed by atoms with Crippen LogP contribution in [-0.4, -0.2) is 33.0 Å². The molecule has 0 atom stereocenters. The Bertz CT molecular complexity index is 838. The second kappa shape index (κ2) is 8.57. The average molecular weight is 398 g/mol. The molecular weight excluding hydrogens is 368 g/mol. The molecular formula is C24H30O5. The number of hydrogen-bond acceptors (Lipinski definition) is 5. The summed E-state index contributed by atoms with van der Waals surface area (Å²) in [6.45, 7) is 10.3. The standard InChI is InChI=1S/C24H30O5/c1-15-7-9-17(21(25)23(3,4)27)11-19(15)13-29-14-20-12-18(10-8-16(20)2)22(26)24(5,6)28/h7-12,27-28H,13-14H2,1-6H3. The number of carbonyl (C=O) groups excluding carboxylic acids is 2. The highest BCUT2D eigenvalue weighted by molar-refractivity contribution is 6.02. The Balaban J connectivity index is 2.14. The fourth-order valence-corrected chi connectivity index (χ4v) is 2.91. The highest BCUT2D eigenvalue weighted by Gasteiger charge is 2.26. The highest BCUT2D eigenvalue weighted by Crippen LogP contribution is 2.20. The summed E-state index contributed by atoms with van der Waals surface area (Å²) in [5.74, 6) is -0.681. The van der Waals surface area contributed by atoms with Crippen LogP contribution >= 0.6 is 0 Å². The fourth-order valence-electron chi connectivity index (χ4n) is 2.91. The lowest BCUT2D eigenvalue weighted by molar-refractivity contribution is 0.0487. The average Bonchev–Trinajstić information content (AvgIpc) is 2.62. The Morgan fingerprint density at radius 1 is 0.759 bits per heavy atom. The number of ketones is 2. The lowest BCUT2D eigenvalue weighted by atomic mass is 9.94. The van der Waals surface area contributed by atoms with Crippen molar-refractivity contribution in [3.05, 3.63) is 69.8 Å². The van der Waals surface area contributed by atoms with Crippen LogP contribution in [0.3, 0.4) is 0 Å². The van der Waals surface area contributed by atoms with Gasteiger partial charge in [0.25, 0.3) is 0 Å². The molecule has 0 amide bonds. The van der Waals surface area contributed by atoms with E-state index >= 15 is 0 Å². The summed E-state index contributed by atoms with van der Waals surface area (Å²) in [6, 6.07) is 10.6. The van der Waals surface area contributed by atoms with Crippen molar-refractivity contribution in [1.29, 1.82) is 0 Å². The van der Waals surface area contributed by atoms with Gasteiger partial charge in [0.2, 0.25) is 0 Å². The fraction of sp³-hybridized carbons (Fsp3) is 0.417. The van der Waals surface area contributed by atoms with E-state index in [1.54, 1.807) is 24.3 Å². The second-order valence-electron chi connectivity index (χ2n) is 8.55. The molecule has 0 saturated heterocycles. The number of aryl methyl sites for hydroxylation is 2. The van der Waals surface area contributed by atoms with E-state index < -0.39 is 11.2 Å². The molecule has 0 aliphatic rings. The predicted molar refractivity (Wildman–Crippen MR) is 112 cm³/mol. The minimum Gasteiger partial charge on any atom is -0.382 e. The normalized spacial score (nSPS) is 12.1. The summed E-state index contributed by atoms with van der Waals surface area (Å²) >= 11 is 0. The first-order valence-corrected chi connectivity index (χ1v) is 9.62. The van der Waals surface area contributed by atoms with E-state index in [9.17, 15) is 19.8 Å². The molecule has 0 fully saturated rings. The molecule has 5 nitrogen and oxygen atoms in total. The molecule has 2 aromatic rings. The minimum atomic E-state index is -1.43. The summed E-state index contributed by atoms with van der Waals surface area (Å²) in [6.07, 6.45) is 0. The monoisotopic (exact) mass is 398 g/mol. The quantitative estimate of drug-likeness (QED) is 0.658. The van der Waals surface area contributed by atoms with E-state index in [0.717, 1.165) is 22.3 Å². The molecule has 5 heteroatoms. The van der Waals surface area contributed by atoms with Crippen molar-refractivity contribution in [3.8, 4) is 0 Å². The molecule has 0 saturated carbocycles. The summed E-state index contributed by atoms with van der Waals surface area (Å²) in [5, 5.41) is 19.9. The van der Waals surface area contributed by atoms with Crippen LogP contribution in [0, 0.1) is 13.8 Å². The number of Topliss-reactive ketones (excluding diaryl/α,β-unsaturated/α-hetero) is 2. The van der Waals surface area contributed by atoms with Gasteiger partial charge in [-0.25, -0.2) is 0 Å². The Kier molecular flexibility index (Phi) is 6.78. The van der Waals surface area contributed by atoms with Gasteiger partial charge < -0.3 is 14.9 Å². The van der Waals surface area contributed by atoms with Gasteiger partial charge >= 0.3 is 0 Å². The molecule has 2 N–H and O–H groups in total. The molecule has 0 heterocycles. The molecule has 0 aliphatic carbocycles. The van der Waals surface area contributed by atoms with Gasteiger partial charge in [-0.1, -0.05) is 24.3 Å². The zero-order valence-electron chi connectivity index (χ0n) is 18.0. The van der Waals surface area contributed by atoms with Crippen LogP contribution < -0.4 is 0 Å². The van der Waals surface area contributed by atoms with Gasteiger partial charge in [0.1, 0.15) is 11.2 Å². The highest BCUT2D eigenvalue weighted by atomic mass is 16.5. The van der Waals surface area contributed by atoms with Crippen LogP contribution in [-0.2, 0) is 18.0 Å². The first kappa shape index (κ1) is 22.9. The Labute approximate surface area is 172 Å². The van der Waals surface area contributed by atoms with Crippen molar-refractivity contribution in [2.24, 2.45) is 0 Å². The van der Waals surface area contributed by atoms with E-state index in [1.165, 1.54) is 27.7 Å². The van der Waals surface area contributed by atoms with Crippen molar-refractivity contribution in [3.63, 3.8) is 0 Å². The van der Waals surface area contributed by atoms with Crippen molar-refractivity contribution >= 4 is 11.6 Å². The summed E-state index contributed by atoms with van der Waals surface area (Å²) in [4.78, 5) is 24.6. The third-order valence-electron chi connectivity index (χ3n) is 4.85. The molecule has 0 bridgehead atoms. The van der Waals surface area contributed by atoms with Crippen molar-refractivity contribution in [2.75, 3.05) is 0 Å². The van der Waals surface area contributed by atoms with Gasteiger partial charge in [0.15, 0.2) is 11.6 Å². The topological polar surface area (TPSA) is 83.8 Å². The van der Waals surface area contributed by atoms with Gasteiger partial charge in [0.05, 0.1) is 13.2 Å². The number of rotatable bonds is 8. The van der Waals surface area contributed by atoms with Crippen molar-refractivity contribution in [2.45, 2.75) is 66.0 Å². The van der Waals surface area contributed by atoms with Crippen molar-refractivity contribution in [1.82, 2.24) is 0 Å². The van der Waals surface area contributed by atoms with Crippen LogP contribution in [0.2, 0.25) is 0 Å². The third-order valence-corrected chi connectivity index (χ3v) is 4.85. The molecule has 2 rings (SSSR count). The predicted octanol–water partition coefficient (Wildman–Crippen LogP) is 3.93. The maximum absolute atomic E-state index is 12.3. The summed E-state index contributed by atoms with van der Waals surface area (Å²) in [5.41, 5.74) is 1.71. The molecule has 0 spiro atoms. The largest absolute Gasteiger partial charge is 0.382 e. The van der Waals surface area contributed by atoms with E-state index in [1.807, 2.05) is 26.0 Å². The zero-order chi connectivity index (χ0) is 22.0. The van der Waals surface area contributed by atoms with E-state index in [2.05, 4.69) is 0 Å². The maximum Gasteiger partial charge on any atom is 0.193 e. The maximum atomic E-state index is 12.3.